The Kier molecular flexibility index (Phi) is 6.67. The smallest absolute Gasteiger partial charge is 0.255 e. The molecule has 5 nitrogen and oxygen atoms in total. The summed E-state index contributed by atoms with van der Waals surface area (Å²) in [7, 11) is 0. The predicted octanol–water partition coefficient (Wildman–Crippen LogP) is 6.66. The Balaban J connectivity index is 1.15. The van der Waals surface area contributed by atoms with Crippen molar-refractivity contribution in [3.63, 3.8) is 0 Å². The van der Waals surface area contributed by atoms with Crippen LogP contribution in [-0.4, -0.2) is 16.9 Å². The van der Waals surface area contributed by atoms with E-state index in [2.05, 4.69) is 36.7 Å². The molecule has 0 spiro atoms. The lowest BCUT2D eigenvalue weighted by atomic mass is 9.49. The molecule has 0 atom stereocenters. The lowest BCUT2D eigenvalue weighted by Gasteiger charge is -2.56. The Morgan fingerprint density at radius 2 is 1.44 bits per heavy atom. The molecule has 6 heteroatoms. The van der Waals surface area contributed by atoms with E-state index in [1.807, 2.05) is 48.5 Å². The number of hydrogen-bond donors (Lipinski definition) is 3. The van der Waals surface area contributed by atoms with Crippen molar-refractivity contribution < 1.29 is 9.59 Å². The SMILES string of the molecule is CC(C)(C)c1ccc(C(=O)Nc2cccc(NC(=S)NC(=O)CC34CC5CC(CC(C5)C3)C4)c2)cc1. The van der Waals surface area contributed by atoms with E-state index < -0.39 is 0 Å². The van der Waals surface area contributed by atoms with Gasteiger partial charge in [-0.3, -0.25) is 9.59 Å². The number of rotatable bonds is 5. The summed E-state index contributed by atoms with van der Waals surface area (Å²) >= 11 is 5.44. The second-order valence-electron chi connectivity index (χ2n) is 12.5. The Morgan fingerprint density at radius 1 is 0.889 bits per heavy atom. The number of carbonyl (C=O) groups is 2. The summed E-state index contributed by atoms with van der Waals surface area (Å²) in [5.74, 6) is 2.31. The maximum atomic E-state index is 12.9. The van der Waals surface area contributed by atoms with E-state index >= 15 is 0 Å². The van der Waals surface area contributed by atoms with Crippen LogP contribution in [0.15, 0.2) is 48.5 Å². The third kappa shape index (κ3) is 5.64. The zero-order valence-corrected chi connectivity index (χ0v) is 22.3. The summed E-state index contributed by atoms with van der Waals surface area (Å²) in [6.45, 7) is 6.45. The minimum atomic E-state index is -0.168. The minimum Gasteiger partial charge on any atom is -0.332 e. The van der Waals surface area contributed by atoms with Crippen LogP contribution in [0.2, 0.25) is 0 Å². The van der Waals surface area contributed by atoms with E-state index in [-0.39, 0.29) is 22.6 Å². The maximum Gasteiger partial charge on any atom is 0.255 e. The molecule has 2 aromatic rings. The van der Waals surface area contributed by atoms with Crippen molar-refractivity contribution >= 4 is 40.5 Å². The third-order valence-corrected chi connectivity index (χ3v) is 8.55. The largest absolute Gasteiger partial charge is 0.332 e. The van der Waals surface area contributed by atoms with Gasteiger partial charge in [-0.15, -0.1) is 0 Å². The fourth-order valence-electron chi connectivity index (χ4n) is 7.18. The first-order valence-electron chi connectivity index (χ1n) is 13.2. The molecular formula is C30H37N3O2S. The highest BCUT2D eigenvalue weighted by atomic mass is 32.1. The average molecular weight is 504 g/mol. The van der Waals surface area contributed by atoms with Gasteiger partial charge in [-0.2, -0.15) is 0 Å². The van der Waals surface area contributed by atoms with Gasteiger partial charge >= 0.3 is 0 Å². The maximum absolute atomic E-state index is 12.9. The first-order chi connectivity index (χ1) is 17.1. The van der Waals surface area contributed by atoms with E-state index in [1.54, 1.807) is 0 Å². The summed E-state index contributed by atoms with van der Waals surface area (Å²) in [5.41, 5.74) is 3.39. The quantitative estimate of drug-likeness (QED) is 0.399. The van der Waals surface area contributed by atoms with Gasteiger partial charge in [-0.25, -0.2) is 0 Å². The average Bonchev–Trinajstić information content (AvgIpc) is 2.77. The van der Waals surface area contributed by atoms with Crippen molar-refractivity contribution in [3.8, 4) is 0 Å². The van der Waals surface area contributed by atoms with Gasteiger partial charge in [0, 0.05) is 23.4 Å². The molecule has 2 amide bonds. The molecular weight excluding hydrogens is 466 g/mol. The number of anilines is 2. The van der Waals surface area contributed by atoms with Crippen molar-refractivity contribution in [2.24, 2.45) is 23.2 Å². The Labute approximate surface area is 219 Å². The van der Waals surface area contributed by atoms with Crippen LogP contribution >= 0.6 is 12.2 Å². The Hall–Kier alpha value is -2.73. The van der Waals surface area contributed by atoms with Gasteiger partial charge in [0.15, 0.2) is 5.11 Å². The predicted molar refractivity (Wildman–Crippen MR) is 149 cm³/mol. The van der Waals surface area contributed by atoms with Crippen LogP contribution in [0.1, 0.15) is 81.6 Å². The second kappa shape index (κ2) is 9.62. The van der Waals surface area contributed by atoms with Crippen molar-refractivity contribution in [2.45, 2.75) is 71.1 Å². The van der Waals surface area contributed by atoms with Crippen LogP contribution in [0.4, 0.5) is 11.4 Å². The molecule has 4 aliphatic rings. The zero-order chi connectivity index (χ0) is 25.5. The van der Waals surface area contributed by atoms with Gasteiger partial charge in [0.1, 0.15) is 0 Å². The van der Waals surface area contributed by atoms with Crippen LogP contribution < -0.4 is 16.0 Å². The summed E-state index contributed by atoms with van der Waals surface area (Å²) in [4.78, 5) is 25.6. The van der Waals surface area contributed by atoms with Gasteiger partial charge in [-0.05, 0) is 115 Å². The second-order valence-corrected chi connectivity index (χ2v) is 12.9. The molecule has 4 bridgehead atoms. The molecule has 0 heterocycles. The molecule has 0 radical (unpaired) electrons. The number of hydrogen-bond acceptors (Lipinski definition) is 3. The van der Waals surface area contributed by atoms with Crippen LogP contribution in [0.5, 0.6) is 0 Å². The molecule has 0 unspecified atom stereocenters. The molecule has 36 heavy (non-hydrogen) atoms. The summed E-state index contributed by atoms with van der Waals surface area (Å²) in [6.07, 6.45) is 8.29. The van der Waals surface area contributed by atoms with Gasteiger partial charge in [0.2, 0.25) is 5.91 Å². The molecule has 0 aromatic heterocycles. The number of thiocarbonyl (C=S) groups is 1. The topological polar surface area (TPSA) is 70.2 Å². The number of carbonyl (C=O) groups excluding carboxylic acids is 2. The first kappa shape index (κ1) is 24.9. The summed E-state index contributed by atoms with van der Waals surface area (Å²) < 4.78 is 0. The monoisotopic (exact) mass is 503 g/mol. The van der Waals surface area contributed by atoms with Crippen LogP contribution in [0.3, 0.4) is 0 Å². The standard InChI is InChI=1S/C30H37N3O2S/c1-29(2,3)23-9-7-22(8-10-23)27(35)31-24-5-4-6-25(14-24)32-28(36)33-26(34)18-30-15-19-11-20(16-30)13-21(12-19)17-30/h4-10,14,19-21H,11-13,15-18H2,1-3H3,(H,31,35)(H2,32,33,34,36). The zero-order valence-electron chi connectivity index (χ0n) is 21.5. The number of amides is 2. The third-order valence-electron chi connectivity index (χ3n) is 8.34. The fourth-order valence-corrected chi connectivity index (χ4v) is 7.41. The minimum absolute atomic E-state index is 0.0117. The van der Waals surface area contributed by atoms with Crippen molar-refractivity contribution in [2.75, 3.05) is 10.6 Å². The van der Waals surface area contributed by atoms with Crippen molar-refractivity contribution in [1.29, 1.82) is 0 Å². The van der Waals surface area contributed by atoms with E-state index in [1.165, 1.54) is 44.1 Å². The van der Waals surface area contributed by atoms with E-state index in [0.717, 1.165) is 23.4 Å². The first-order valence-corrected chi connectivity index (χ1v) is 13.6. The van der Waals surface area contributed by atoms with E-state index in [0.29, 0.717) is 22.8 Å². The van der Waals surface area contributed by atoms with Gasteiger partial charge in [0.05, 0.1) is 0 Å². The van der Waals surface area contributed by atoms with Crippen molar-refractivity contribution in [3.05, 3.63) is 59.7 Å². The van der Waals surface area contributed by atoms with Gasteiger partial charge in [0.25, 0.3) is 5.91 Å². The van der Waals surface area contributed by atoms with Gasteiger partial charge in [-0.1, -0.05) is 39.0 Å². The highest BCUT2D eigenvalue weighted by Gasteiger charge is 2.51. The molecule has 4 fully saturated rings. The Bertz CT molecular complexity index is 1130. The summed E-state index contributed by atoms with van der Waals surface area (Å²) in [5, 5.41) is 9.25. The molecule has 0 aliphatic heterocycles. The summed E-state index contributed by atoms with van der Waals surface area (Å²) in [6, 6.07) is 15.1. The normalized spacial score (nSPS) is 26.4. The van der Waals surface area contributed by atoms with Crippen LogP contribution in [0, 0.1) is 23.2 Å². The van der Waals surface area contributed by atoms with E-state index in [9.17, 15) is 9.59 Å². The molecule has 4 saturated carbocycles. The molecule has 6 rings (SSSR count). The van der Waals surface area contributed by atoms with Crippen LogP contribution in [0.25, 0.3) is 0 Å². The Morgan fingerprint density at radius 3 is 2.00 bits per heavy atom. The molecule has 2 aromatic carbocycles. The van der Waals surface area contributed by atoms with Crippen LogP contribution in [-0.2, 0) is 10.2 Å². The lowest BCUT2D eigenvalue weighted by molar-refractivity contribution is -0.127. The molecule has 0 saturated heterocycles. The number of benzene rings is 2. The lowest BCUT2D eigenvalue weighted by Crippen LogP contribution is -2.48. The van der Waals surface area contributed by atoms with Crippen molar-refractivity contribution in [1.82, 2.24) is 5.32 Å². The molecule has 190 valence electrons. The highest BCUT2D eigenvalue weighted by molar-refractivity contribution is 7.80. The van der Waals surface area contributed by atoms with Gasteiger partial charge < -0.3 is 16.0 Å². The number of nitrogens with one attached hydrogen (secondary N) is 3. The fraction of sp³-hybridized carbons (Fsp3) is 0.500. The molecule has 3 N–H and O–H groups in total. The molecule has 4 aliphatic carbocycles. The van der Waals surface area contributed by atoms with E-state index in [4.69, 9.17) is 12.2 Å². The highest BCUT2D eigenvalue weighted by Crippen LogP contribution is 2.61.